The summed E-state index contributed by atoms with van der Waals surface area (Å²) in [6, 6.07) is 13.0. The van der Waals surface area contributed by atoms with E-state index in [9.17, 15) is 14.0 Å². The van der Waals surface area contributed by atoms with Crippen molar-refractivity contribution in [3.05, 3.63) is 71.0 Å². The van der Waals surface area contributed by atoms with Gasteiger partial charge in [-0.25, -0.2) is 9.18 Å². The third-order valence-corrected chi connectivity index (χ3v) is 3.81. The minimum atomic E-state index is -0.401. The van der Waals surface area contributed by atoms with Crippen molar-refractivity contribution >= 4 is 11.9 Å². The molecule has 0 spiro atoms. The lowest BCUT2D eigenvalue weighted by molar-refractivity contribution is -0.120. The first kappa shape index (κ1) is 18.6. The lowest BCUT2D eigenvalue weighted by Crippen LogP contribution is -2.34. The van der Waals surface area contributed by atoms with Crippen LogP contribution in [-0.2, 0) is 16.1 Å². The Kier molecular flexibility index (Phi) is 6.65. The average Bonchev–Trinajstić information content (AvgIpc) is 2.64. The predicted octanol–water partition coefficient (Wildman–Crippen LogP) is 2.58. The highest BCUT2D eigenvalue weighted by Gasteiger charge is 2.11. The van der Waals surface area contributed by atoms with E-state index in [0.29, 0.717) is 17.7 Å². The molecule has 0 fully saturated rings. The number of hydrogen-bond donors (Lipinski definition) is 2. The Balaban J connectivity index is 1.79. The highest BCUT2D eigenvalue weighted by atomic mass is 19.1. The zero-order valence-corrected chi connectivity index (χ0v) is 14.2. The van der Waals surface area contributed by atoms with Crippen molar-refractivity contribution in [1.82, 2.24) is 10.6 Å². The molecule has 0 saturated carbocycles. The molecule has 0 aliphatic carbocycles. The first-order chi connectivity index (χ1) is 12.0. The van der Waals surface area contributed by atoms with Crippen molar-refractivity contribution in [2.24, 2.45) is 0 Å². The average molecular weight is 344 g/mol. The Hall–Kier alpha value is -2.73. The van der Waals surface area contributed by atoms with Crippen molar-refractivity contribution in [2.75, 3.05) is 13.7 Å². The number of carbonyl (C=O) groups is 2. The third kappa shape index (κ3) is 5.39. The van der Waals surface area contributed by atoms with Gasteiger partial charge in [-0.05, 0) is 30.7 Å². The molecule has 1 atom stereocenters. The molecule has 1 amide bonds. The Morgan fingerprint density at radius 3 is 2.44 bits per heavy atom. The predicted molar refractivity (Wildman–Crippen MR) is 92.4 cm³/mol. The normalized spacial score (nSPS) is 11.6. The number of ether oxygens (including phenoxy) is 1. The summed E-state index contributed by atoms with van der Waals surface area (Å²) in [6.07, 6.45) is 0. The van der Waals surface area contributed by atoms with E-state index >= 15 is 0 Å². The van der Waals surface area contributed by atoms with Crippen LogP contribution in [0.15, 0.2) is 48.5 Å². The second-order valence-electron chi connectivity index (χ2n) is 5.59. The number of benzene rings is 2. The molecule has 0 saturated heterocycles. The van der Waals surface area contributed by atoms with Crippen LogP contribution in [0.3, 0.4) is 0 Å². The van der Waals surface area contributed by atoms with Crippen molar-refractivity contribution < 1.29 is 18.7 Å². The molecule has 1 unspecified atom stereocenters. The number of halogens is 1. The quantitative estimate of drug-likeness (QED) is 0.758. The Morgan fingerprint density at radius 2 is 1.80 bits per heavy atom. The fourth-order valence-corrected chi connectivity index (χ4v) is 2.32. The first-order valence-electron chi connectivity index (χ1n) is 7.93. The van der Waals surface area contributed by atoms with Gasteiger partial charge in [-0.3, -0.25) is 4.79 Å². The van der Waals surface area contributed by atoms with Gasteiger partial charge < -0.3 is 15.4 Å². The van der Waals surface area contributed by atoms with Crippen molar-refractivity contribution in [3.63, 3.8) is 0 Å². The standard InChI is InChI=1S/C19H21FN2O3/c1-13(16-5-3-4-6-17(16)20)21-12-18(23)22-11-14-7-9-15(10-8-14)19(24)25-2/h3-10,13,21H,11-12H2,1-2H3,(H,22,23). The SMILES string of the molecule is COC(=O)c1ccc(CNC(=O)CNC(C)c2ccccc2F)cc1. The topological polar surface area (TPSA) is 67.4 Å². The molecule has 6 heteroatoms. The van der Waals surface area contributed by atoms with Gasteiger partial charge in [0.15, 0.2) is 0 Å². The second-order valence-corrected chi connectivity index (χ2v) is 5.59. The molecule has 25 heavy (non-hydrogen) atoms. The van der Waals surface area contributed by atoms with E-state index in [2.05, 4.69) is 15.4 Å². The van der Waals surface area contributed by atoms with Crippen molar-refractivity contribution in [3.8, 4) is 0 Å². The van der Waals surface area contributed by atoms with E-state index in [1.165, 1.54) is 13.2 Å². The highest BCUT2D eigenvalue weighted by molar-refractivity contribution is 5.89. The van der Waals surface area contributed by atoms with E-state index in [1.807, 2.05) is 0 Å². The van der Waals surface area contributed by atoms with Crippen molar-refractivity contribution in [2.45, 2.75) is 19.5 Å². The summed E-state index contributed by atoms with van der Waals surface area (Å²) < 4.78 is 18.3. The lowest BCUT2D eigenvalue weighted by atomic mass is 10.1. The Labute approximate surface area is 146 Å². The summed E-state index contributed by atoms with van der Waals surface area (Å²) in [6.45, 7) is 2.23. The maximum atomic E-state index is 13.7. The molecule has 2 aromatic rings. The van der Waals surface area contributed by atoms with Crippen LogP contribution in [-0.4, -0.2) is 25.5 Å². The zero-order valence-electron chi connectivity index (χ0n) is 14.2. The molecule has 5 nitrogen and oxygen atoms in total. The minimum Gasteiger partial charge on any atom is -0.465 e. The van der Waals surface area contributed by atoms with Crippen molar-refractivity contribution in [1.29, 1.82) is 0 Å². The molecular weight excluding hydrogens is 323 g/mol. The van der Waals surface area contributed by atoms with E-state index in [0.717, 1.165) is 5.56 Å². The minimum absolute atomic E-state index is 0.0791. The number of hydrogen-bond acceptors (Lipinski definition) is 4. The molecule has 0 aromatic heterocycles. The molecule has 0 heterocycles. The van der Waals surface area contributed by atoms with E-state index in [4.69, 9.17) is 0 Å². The van der Waals surface area contributed by atoms with Gasteiger partial charge in [0, 0.05) is 18.2 Å². The maximum absolute atomic E-state index is 13.7. The Bertz CT molecular complexity index is 732. The van der Waals surface area contributed by atoms with Gasteiger partial charge in [0.1, 0.15) is 5.82 Å². The van der Waals surface area contributed by atoms with Crippen LogP contribution in [0.1, 0.15) is 34.5 Å². The van der Waals surface area contributed by atoms with E-state index < -0.39 is 5.97 Å². The lowest BCUT2D eigenvalue weighted by Gasteiger charge is -2.15. The largest absolute Gasteiger partial charge is 0.465 e. The van der Waals surface area contributed by atoms with Gasteiger partial charge in [-0.1, -0.05) is 30.3 Å². The van der Waals surface area contributed by atoms with Gasteiger partial charge in [0.25, 0.3) is 0 Å². The van der Waals surface area contributed by atoms with Gasteiger partial charge >= 0.3 is 5.97 Å². The summed E-state index contributed by atoms with van der Waals surface area (Å²) >= 11 is 0. The number of amides is 1. The van der Waals surface area contributed by atoms with Crippen LogP contribution < -0.4 is 10.6 Å². The molecule has 2 rings (SSSR count). The van der Waals surface area contributed by atoms with Gasteiger partial charge in [-0.15, -0.1) is 0 Å². The second kappa shape index (κ2) is 8.94. The summed E-state index contributed by atoms with van der Waals surface area (Å²) in [5, 5.41) is 5.77. The fourth-order valence-electron chi connectivity index (χ4n) is 2.32. The number of nitrogens with one attached hydrogen (secondary N) is 2. The maximum Gasteiger partial charge on any atom is 0.337 e. The van der Waals surface area contributed by atoms with Crippen LogP contribution in [0.2, 0.25) is 0 Å². The summed E-state index contributed by atoms with van der Waals surface area (Å²) in [4.78, 5) is 23.3. The molecular formula is C19H21FN2O3. The number of esters is 1. The van der Waals surface area contributed by atoms with E-state index in [-0.39, 0.29) is 24.3 Å². The summed E-state index contributed by atoms with van der Waals surface area (Å²) in [7, 11) is 1.33. The molecule has 132 valence electrons. The molecule has 0 radical (unpaired) electrons. The van der Waals surface area contributed by atoms with Crippen LogP contribution in [0.4, 0.5) is 4.39 Å². The molecule has 0 aliphatic heterocycles. The van der Waals surface area contributed by atoms with Crippen LogP contribution in [0.5, 0.6) is 0 Å². The van der Waals surface area contributed by atoms with Crippen LogP contribution >= 0.6 is 0 Å². The van der Waals surface area contributed by atoms with Crippen LogP contribution in [0, 0.1) is 5.82 Å². The number of methoxy groups -OCH3 is 1. The molecule has 2 aromatic carbocycles. The number of rotatable bonds is 7. The molecule has 0 aliphatic rings. The third-order valence-electron chi connectivity index (χ3n) is 3.81. The first-order valence-corrected chi connectivity index (χ1v) is 7.93. The fraction of sp³-hybridized carbons (Fsp3) is 0.263. The summed E-state index contributed by atoms with van der Waals surface area (Å²) in [5.74, 6) is -0.893. The molecule has 0 bridgehead atoms. The van der Waals surface area contributed by atoms with Gasteiger partial charge in [0.05, 0.1) is 19.2 Å². The molecule has 2 N–H and O–H groups in total. The monoisotopic (exact) mass is 344 g/mol. The van der Waals surface area contributed by atoms with Crippen LogP contribution in [0.25, 0.3) is 0 Å². The van der Waals surface area contributed by atoms with Gasteiger partial charge in [-0.2, -0.15) is 0 Å². The highest BCUT2D eigenvalue weighted by Crippen LogP contribution is 2.15. The smallest absolute Gasteiger partial charge is 0.337 e. The number of carbonyl (C=O) groups excluding carboxylic acids is 2. The Morgan fingerprint density at radius 1 is 1.12 bits per heavy atom. The van der Waals surface area contributed by atoms with Gasteiger partial charge in [0.2, 0.25) is 5.91 Å². The van der Waals surface area contributed by atoms with E-state index in [1.54, 1.807) is 49.4 Å². The summed E-state index contributed by atoms with van der Waals surface area (Å²) in [5.41, 5.74) is 1.84. The zero-order chi connectivity index (χ0) is 18.2.